The van der Waals surface area contributed by atoms with Crippen molar-refractivity contribution in [3.8, 4) is 32.0 Å². The van der Waals surface area contributed by atoms with E-state index in [2.05, 4.69) is 91.0 Å². The number of hydrogen-bond acceptors (Lipinski definition) is 1. The lowest BCUT2D eigenvalue weighted by Gasteiger charge is -2.09. The van der Waals surface area contributed by atoms with Crippen molar-refractivity contribution in [2.75, 3.05) is 0 Å². The molecule has 1 heterocycles. The molecule has 0 saturated heterocycles. The molecule has 0 atom stereocenters. The van der Waals surface area contributed by atoms with Crippen molar-refractivity contribution < 1.29 is 0 Å². The van der Waals surface area contributed by atoms with Crippen LogP contribution < -0.4 is 0 Å². The molecule has 0 amide bonds. The Morgan fingerprint density at radius 3 is 1.86 bits per heavy atom. The van der Waals surface area contributed by atoms with E-state index < -0.39 is 0 Å². The number of benzene rings is 3. The Kier molecular flexibility index (Phi) is 4.85. The highest BCUT2D eigenvalue weighted by molar-refractivity contribution is 7.19. The summed E-state index contributed by atoms with van der Waals surface area (Å²) in [6.07, 6.45) is 5.49. The van der Waals surface area contributed by atoms with Crippen molar-refractivity contribution in [1.82, 2.24) is 0 Å². The lowest BCUT2D eigenvalue weighted by Crippen LogP contribution is -1.91. The van der Waals surface area contributed by atoms with Gasteiger partial charge >= 0.3 is 0 Å². The predicted molar refractivity (Wildman–Crippen MR) is 122 cm³/mol. The van der Waals surface area contributed by atoms with Crippen LogP contribution in [0.15, 0.2) is 91.0 Å². The van der Waals surface area contributed by atoms with Gasteiger partial charge in [0, 0.05) is 15.3 Å². The second-order valence-corrected chi connectivity index (χ2v) is 8.74. The molecule has 0 bridgehead atoms. The second kappa shape index (κ2) is 7.77. The first-order valence-corrected chi connectivity index (χ1v) is 11.1. The van der Waals surface area contributed by atoms with Crippen molar-refractivity contribution in [2.24, 2.45) is 0 Å². The quantitative estimate of drug-likeness (QED) is 0.333. The molecule has 0 aliphatic heterocycles. The molecule has 4 aromatic rings. The summed E-state index contributed by atoms with van der Waals surface area (Å²) in [6.45, 7) is 0. The Balaban J connectivity index is 1.56. The molecular formula is C27H24S. The van der Waals surface area contributed by atoms with E-state index in [-0.39, 0.29) is 0 Å². The van der Waals surface area contributed by atoms with E-state index >= 15 is 0 Å². The zero-order chi connectivity index (χ0) is 18.8. The van der Waals surface area contributed by atoms with Gasteiger partial charge in [-0.2, -0.15) is 0 Å². The Morgan fingerprint density at radius 2 is 1.21 bits per heavy atom. The lowest BCUT2D eigenvalue weighted by molar-refractivity contribution is 0.723. The van der Waals surface area contributed by atoms with Gasteiger partial charge in [-0.15, -0.1) is 11.3 Å². The highest BCUT2D eigenvalue weighted by Gasteiger charge is 2.18. The van der Waals surface area contributed by atoms with Gasteiger partial charge in [0.15, 0.2) is 0 Å². The zero-order valence-corrected chi connectivity index (χ0v) is 16.8. The van der Waals surface area contributed by atoms with Crippen LogP contribution in [0.25, 0.3) is 32.0 Å². The molecule has 5 rings (SSSR count). The number of hydrogen-bond donors (Lipinski definition) is 0. The summed E-state index contributed by atoms with van der Waals surface area (Å²) in [5.41, 5.74) is 6.74. The molecule has 1 aliphatic carbocycles. The predicted octanol–water partition coefficient (Wildman–Crippen LogP) is 8.41. The molecule has 1 aromatic heterocycles. The van der Waals surface area contributed by atoms with Crippen LogP contribution in [0.5, 0.6) is 0 Å². The van der Waals surface area contributed by atoms with E-state index in [1.54, 1.807) is 0 Å². The SMILES string of the molecule is c1ccc(-c2cc(-c3ccc(C4CCCC4)cc3)sc2-c2ccccc2)cc1. The molecule has 1 heteroatoms. The monoisotopic (exact) mass is 380 g/mol. The molecule has 1 saturated carbocycles. The normalized spacial score (nSPS) is 14.4. The average Bonchev–Trinajstić information content (AvgIpc) is 3.46. The molecule has 1 aliphatic rings. The van der Waals surface area contributed by atoms with Gasteiger partial charge in [0.1, 0.15) is 0 Å². The first kappa shape index (κ1) is 17.5. The minimum absolute atomic E-state index is 0.775. The van der Waals surface area contributed by atoms with Gasteiger partial charge < -0.3 is 0 Å². The lowest BCUT2D eigenvalue weighted by atomic mass is 9.96. The van der Waals surface area contributed by atoms with Gasteiger partial charge in [-0.3, -0.25) is 0 Å². The third-order valence-electron chi connectivity index (χ3n) is 5.87. The van der Waals surface area contributed by atoms with Crippen molar-refractivity contribution >= 4 is 11.3 Å². The molecule has 0 spiro atoms. The zero-order valence-electron chi connectivity index (χ0n) is 16.0. The third kappa shape index (κ3) is 3.43. The van der Waals surface area contributed by atoms with Gasteiger partial charge in [0.05, 0.1) is 0 Å². The molecular weight excluding hydrogens is 356 g/mol. The standard InChI is InChI=1S/C27H24S/c1-3-11-22(12-4-1)25-19-26(28-27(25)24-13-5-2-6-14-24)23-17-15-21(16-18-23)20-9-7-8-10-20/h1-6,11-20H,7-10H2. The van der Waals surface area contributed by atoms with E-state index in [1.165, 1.54) is 63.3 Å². The van der Waals surface area contributed by atoms with E-state index in [1.807, 2.05) is 11.3 Å². The summed E-state index contributed by atoms with van der Waals surface area (Å²) < 4.78 is 0. The summed E-state index contributed by atoms with van der Waals surface area (Å²) in [7, 11) is 0. The molecule has 0 nitrogen and oxygen atoms in total. The van der Waals surface area contributed by atoms with Gasteiger partial charge in [-0.05, 0) is 47.1 Å². The Morgan fingerprint density at radius 1 is 0.607 bits per heavy atom. The van der Waals surface area contributed by atoms with Crippen LogP contribution in [0.3, 0.4) is 0 Å². The molecule has 1 fully saturated rings. The fourth-order valence-corrected chi connectivity index (χ4v) is 5.54. The highest BCUT2D eigenvalue weighted by Crippen LogP contribution is 2.43. The number of rotatable bonds is 4. The summed E-state index contributed by atoms with van der Waals surface area (Å²) >= 11 is 1.90. The third-order valence-corrected chi connectivity index (χ3v) is 7.11. The first-order valence-electron chi connectivity index (χ1n) is 10.2. The van der Waals surface area contributed by atoms with Crippen molar-refractivity contribution in [3.63, 3.8) is 0 Å². The Hall–Kier alpha value is -2.64. The van der Waals surface area contributed by atoms with Crippen LogP contribution in [0.1, 0.15) is 37.2 Å². The largest absolute Gasteiger partial charge is 0.135 e. The average molecular weight is 381 g/mol. The highest BCUT2D eigenvalue weighted by atomic mass is 32.1. The van der Waals surface area contributed by atoms with Gasteiger partial charge in [-0.1, -0.05) is 97.8 Å². The van der Waals surface area contributed by atoms with Crippen LogP contribution in [0.4, 0.5) is 0 Å². The number of thiophene rings is 1. The van der Waals surface area contributed by atoms with Crippen molar-refractivity contribution in [1.29, 1.82) is 0 Å². The van der Waals surface area contributed by atoms with Crippen LogP contribution in [-0.4, -0.2) is 0 Å². The Bertz CT molecular complexity index is 980. The minimum Gasteiger partial charge on any atom is -0.135 e. The minimum atomic E-state index is 0.775. The molecule has 0 unspecified atom stereocenters. The van der Waals surface area contributed by atoms with Crippen LogP contribution in [-0.2, 0) is 0 Å². The van der Waals surface area contributed by atoms with Crippen LogP contribution >= 0.6 is 11.3 Å². The van der Waals surface area contributed by atoms with Crippen molar-refractivity contribution in [2.45, 2.75) is 31.6 Å². The first-order chi connectivity index (χ1) is 13.9. The van der Waals surface area contributed by atoms with Gasteiger partial charge in [0.25, 0.3) is 0 Å². The molecule has 3 aromatic carbocycles. The summed E-state index contributed by atoms with van der Waals surface area (Å²) in [5.74, 6) is 0.775. The second-order valence-electron chi connectivity index (χ2n) is 7.69. The van der Waals surface area contributed by atoms with E-state index in [0.29, 0.717) is 0 Å². The fourth-order valence-electron chi connectivity index (χ4n) is 4.35. The fraction of sp³-hybridized carbons (Fsp3) is 0.185. The molecule has 138 valence electrons. The molecule has 0 N–H and O–H groups in total. The van der Waals surface area contributed by atoms with Crippen LogP contribution in [0, 0.1) is 0 Å². The summed E-state index contributed by atoms with van der Waals surface area (Å²) in [5, 5.41) is 0. The molecule has 0 radical (unpaired) electrons. The van der Waals surface area contributed by atoms with E-state index in [9.17, 15) is 0 Å². The smallest absolute Gasteiger partial charge is 0.0427 e. The van der Waals surface area contributed by atoms with Gasteiger partial charge in [0.2, 0.25) is 0 Å². The maximum absolute atomic E-state index is 2.37. The summed E-state index contributed by atoms with van der Waals surface area (Å²) in [4.78, 5) is 2.69. The van der Waals surface area contributed by atoms with E-state index in [0.717, 1.165) is 5.92 Å². The van der Waals surface area contributed by atoms with Crippen molar-refractivity contribution in [3.05, 3.63) is 96.6 Å². The Labute approximate surface area is 171 Å². The maximum Gasteiger partial charge on any atom is 0.0427 e. The van der Waals surface area contributed by atoms with Crippen LogP contribution in [0.2, 0.25) is 0 Å². The van der Waals surface area contributed by atoms with Gasteiger partial charge in [-0.25, -0.2) is 0 Å². The maximum atomic E-state index is 2.37. The molecule has 28 heavy (non-hydrogen) atoms. The topological polar surface area (TPSA) is 0 Å². The van der Waals surface area contributed by atoms with E-state index in [4.69, 9.17) is 0 Å². The summed E-state index contributed by atoms with van der Waals surface area (Å²) in [6, 6.07) is 33.2.